The van der Waals surface area contributed by atoms with E-state index in [9.17, 15) is 8.78 Å². The Kier molecular flexibility index (Phi) is 2.46. The van der Waals surface area contributed by atoms with E-state index in [1.165, 1.54) is 0 Å². The number of hydrogen-bond acceptors (Lipinski definition) is 0. The van der Waals surface area contributed by atoms with Crippen LogP contribution in [0.15, 0.2) is 0 Å². The monoisotopic (exact) mass is 190 g/mol. The molecule has 0 aromatic rings. The molecule has 0 saturated heterocycles. The molecule has 2 heteroatoms. The first-order valence-electron chi connectivity index (χ1n) is 5.04. The number of rotatable bonds is 0. The molecule has 1 aliphatic carbocycles. The lowest BCUT2D eigenvalue weighted by Gasteiger charge is -2.46. The summed E-state index contributed by atoms with van der Waals surface area (Å²) in [5.74, 6) is -2.40. The van der Waals surface area contributed by atoms with Gasteiger partial charge in [0.25, 0.3) is 0 Å². The van der Waals surface area contributed by atoms with Crippen molar-refractivity contribution in [1.82, 2.24) is 0 Å². The smallest absolute Gasteiger partial charge is 0.207 e. The number of hydrogen-bond donors (Lipinski definition) is 0. The van der Waals surface area contributed by atoms with Crippen molar-refractivity contribution in [2.75, 3.05) is 0 Å². The van der Waals surface area contributed by atoms with Crippen molar-refractivity contribution >= 4 is 0 Å². The van der Waals surface area contributed by atoms with Crippen LogP contribution in [0.4, 0.5) is 8.78 Å². The van der Waals surface area contributed by atoms with Gasteiger partial charge in [-0.25, -0.2) is 8.78 Å². The average molecular weight is 190 g/mol. The Morgan fingerprint density at radius 3 is 1.62 bits per heavy atom. The Hall–Kier alpha value is -0.140. The van der Waals surface area contributed by atoms with Gasteiger partial charge in [-0.2, -0.15) is 0 Å². The highest BCUT2D eigenvalue weighted by Crippen LogP contribution is 2.52. The highest BCUT2D eigenvalue weighted by atomic mass is 19.3. The Morgan fingerprint density at radius 1 is 0.923 bits per heavy atom. The third-order valence-corrected chi connectivity index (χ3v) is 3.90. The zero-order valence-corrected chi connectivity index (χ0v) is 9.08. The summed E-state index contributed by atoms with van der Waals surface area (Å²) in [5, 5.41) is 0. The largest absolute Gasteiger partial charge is 0.248 e. The van der Waals surface area contributed by atoms with Crippen molar-refractivity contribution in [3.05, 3.63) is 0 Å². The van der Waals surface area contributed by atoms with Crippen molar-refractivity contribution in [3.8, 4) is 0 Å². The van der Waals surface area contributed by atoms with Gasteiger partial charge < -0.3 is 0 Å². The van der Waals surface area contributed by atoms with Crippen LogP contribution in [-0.4, -0.2) is 5.92 Å². The molecule has 1 rings (SSSR count). The minimum Gasteiger partial charge on any atom is -0.207 e. The fraction of sp³-hybridized carbons (Fsp3) is 1.00. The van der Waals surface area contributed by atoms with E-state index < -0.39 is 5.92 Å². The van der Waals surface area contributed by atoms with Crippen LogP contribution < -0.4 is 0 Å². The molecule has 1 fully saturated rings. The van der Waals surface area contributed by atoms with Crippen LogP contribution in [0, 0.1) is 10.8 Å². The summed E-state index contributed by atoms with van der Waals surface area (Å²) in [4.78, 5) is 0. The summed E-state index contributed by atoms with van der Waals surface area (Å²) in [7, 11) is 0. The Labute approximate surface area is 79.7 Å². The molecule has 0 nitrogen and oxygen atoms in total. The van der Waals surface area contributed by atoms with Crippen molar-refractivity contribution in [3.63, 3.8) is 0 Å². The fourth-order valence-corrected chi connectivity index (χ4v) is 1.92. The molecule has 0 unspecified atom stereocenters. The van der Waals surface area contributed by atoms with Gasteiger partial charge >= 0.3 is 0 Å². The summed E-state index contributed by atoms with van der Waals surface area (Å²) in [6.45, 7) is 8.59. The zero-order chi connectivity index (χ0) is 10.3. The maximum Gasteiger partial charge on any atom is 0.248 e. The van der Waals surface area contributed by atoms with E-state index in [1.54, 1.807) is 0 Å². The lowest BCUT2D eigenvalue weighted by molar-refractivity contribution is -0.0882. The van der Waals surface area contributed by atoms with E-state index in [2.05, 4.69) is 27.7 Å². The van der Waals surface area contributed by atoms with Gasteiger partial charge in [-0.05, 0) is 23.7 Å². The van der Waals surface area contributed by atoms with Crippen LogP contribution in [0.5, 0.6) is 0 Å². The quantitative estimate of drug-likeness (QED) is 0.535. The van der Waals surface area contributed by atoms with E-state index >= 15 is 0 Å². The molecule has 0 bridgehead atoms. The lowest BCUT2D eigenvalue weighted by Crippen LogP contribution is -2.39. The molecule has 0 amide bonds. The van der Waals surface area contributed by atoms with Gasteiger partial charge in [0.05, 0.1) is 0 Å². The van der Waals surface area contributed by atoms with Gasteiger partial charge in [-0.15, -0.1) is 0 Å². The van der Waals surface area contributed by atoms with Crippen LogP contribution in [0.25, 0.3) is 0 Å². The van der Waals surface area contributed by atoms with Crippen molar-refractivity contribution in [2.24, 2.45) is 10.8 Å². The standard InChI is InChI=1S/C11H20F2/c1-9(2,3)10(4)5-7-11(12,13)8-6-10/h5-8H2,1-4H3. The second-order valence-corrected chi connectivity index (χ2v) is 5.67. The molecule has 78 valence electrons. The lowest BCUT2D eigenvalue weighted by atomic mass is 9.60. The highest BCUT2D eigenvalue weighted by molar-refractivity contribution is 4.92. The maximum absolute atomic E-state index is 12.9. The molecular weight excluding hydrogens is 170 g/mol. The molecule has 0 N–H and O–H groups in total. The third kappa shape index (κ3) is 2.21. The third-order valence-electron chi connectivity index (χ3n) is 3.90. The first kappa shape index (κ1) is 10.9. The molecule has 0 aliphatic heterocycles. The molecule has 0 heterocycles. The van der Waals surface area contributed by atoms with Crippen molar-refractivity contribution in [2.45, 2.75) is 59.3 Å². The van der Waals surface area contributed by atoms with Gasteiger partial charge in [0.1, 0.15) is 0 Å². The molecule has 1 aliphatic rings. The van der Waals surface area contributed by atoms with Crippen LogP contribution in [0.3, 0.4) is 0 Å². The molecule has 0 aromatic heterocycles. The molecule has 0 spiro atoms. The predicted octanol–water partition coefficient (Wildman–Crippen LogP) is 4.25. The van der Waals surface area contributed by atoms with Gasteiger partial charge in [0, 0.05) is 12.8 Å². The van der Waals surface area contributed by atoms with E-state index in [-0.39, 0.29) is 23.7 Å². The average Bonchev–Trinajstić information content (AvgIpc) is 1.94. The second-order valence-electron chi connectivity index (χ2n) is 5.67. The number of alkyl halides is 2. The Morgan fingerprint density at radius 2 is 1.31 bits per heavy atom. The van der Waals surface area contributed by atoms with Crippen LogP contribution in [0.1, 0.15) is 53.4 Å². The molecule has 0 atom stereocenters. The summed E-state index contributed by atoms with van der Waals surface area (Å²) in [6.07, 6.45) is 1.45. The Bertz CT molecular complexity index is 179. The minimum absolute atomic E-state index is 0.0702. The summed E-state index contributed by atoms with van der Waals surface area (Å²) < 4.78 is 25.9. The van der Waals surface area contributed by atoms with Gasteiger partial charge in [0.2, 0.25) is 5.92 Å². The van der Waals surface area contributed by atoms with Gasteiger partial charge in [0.15, 0.2) is 0 Å². The fourth-order valence-electron chi connectivity index (χ4n) is 1.92. The second kappa shape index (κ2) is 2.93. The zero-order valence-electron chi connectivity index (χ0n) is 9.08. The molecule has 1 saturated carbocycles. The van der Waals surface area contributed by atoms with Gasteiger partial charge in [-0.3, -0.25) is 0 Å². The molecule has 13 heavy (non-hydrogen) atoms. The Balaban J connectivity index is 2.68. The van der Waals surface area contributed by atoms with E-state index in [0.717, 1.165) is 0 Å². The molecular formula is C11H20F2. The molecule has 0 radical (unpaired) electrons. The number of halogens is 2. The first-order chi connectivity index (χ1) is 5.66. The van der Waals surface area contributed by atoms with Crippen molar-refractivity contribution in [1.29, 1.82) is 0 Å². The van der Waals surface area contributed by atoms with E-state index in [0.29, 0.717) is 12.8 Å². The first-order valence-corrected chi connectivity index (χ1v) is 5.04. The summed E-state index contributed by atoms with van der Waals surface area (Å²) in [6, 6.07) is 0. The normalized spacial score (nSPS) is 27.2. The maximum atomic E-state index is 12.9. The van der Waals surface area contributed by atoms with E-state index in [1.807, 2.05) is 0 Å². The molecule has 0 aromatic carbocycles. The highest BCUT2D eigenvalue weighted by Gasteiger charge is 2.46. The van der Waals surface area contributed by atoms with Crippen LogP contribution in [-0.2, 0) is 0 Å². The van der Waals surface area contributed by atoms with Gasteiger partial charge in [-0.1, -0.05) is 27.7 Å². The van der Waals surface area contributed by atoms with Crippen molar-refractivity contribution < 1.29 is 8.78 Å². The minimum atomic E-state index is -2.40. The SMILES string of the molecule is CC(C)(C)C1(C)CCC(F)(F)CC1. The van der Waals surface area contributed by atoms with Crippen LogP contribution in [0.2, 0.25) is 0 Å². The topological polar surface area (TPSA) is 0 Å². The summed E-state index contributed by atoms with van der Waals surface area (Å²) in [5.41, 5.74) is 0.234. The predicted molar refractivity (Wildman–Crippen MR) is 51.0 cm³/mol. The van der Waals surface area contributed by atoms with Crippen LogP contribution >= 0.6 is 0 Å². The summed E-state index contributed by atoms with van der Waals surface area (Å²) >= 11 is 0. The van der Waals surface area contributed by atoms with E-state index in [4.69, 9.17) is 0 Å².